The zero-order valence-electron chi connectivity index (χ0n) is 10.6. The van der Waals surface area contributed by atoms with Gasteiger partial charge in [0.2, 0.25) is 0 Å². The molecule has 0 N–H and O–H groups in total. The van der Waals surface area contributed by atoms with Crippen LogP contribution < -0.4 is 0 Å². The van der Waals surface area contributed by atoms with Gasteiger partial charge in [-0.25, -0.2) is 4.98 Å². The van der Waals surface area contributed by atoms with Crippen molar-refractivity contribution in [3.8, 4) is 0 Å². The number of nitrogens with zero attached hydrogens (tertiary/aromatic N) is 1. The summed E-state index contributed by atoms with van der Waals surface area (Å²) in [5, 5.41) is -0.673. The fraction of sp³-hybridized carbons (Fsp3) is 0.500. The Bertz CT molecular complexity index is 481. The van der Waals surface area contributed by atoms with Gasteiger partial charge in [-0.05, 0) is 32.4 Å². The molecule has 0 saturated carbocycles. The molecule has 0 aliphatic heterocycles. The van der Waals surface area contributed by atoms with Gasteiger partial charge in [0.25, 0.3) is 0 Å². The van der Waals surface area contributed by atoms with Crippen LogP contribution in [0.15, 0.2) is 12.3 Å². The van der Waals surface area contributed by atoms with E-state index in [4.69, 9.17) is 16.3 Å². The van der Waals surface area contributed by atoms with E-state index >= 15 is 0 Å². The number of hydrogen-bond acceptors (Lipinski definition) is 3. The molecule has 0 aliphatic rings. The Morgan fingerprint density at radius 3 is 2.42 bits per heavy atom. The topological polar surface area (TPSA) is 39.2 Å². The summed E-state index contributed by atoms with van der Waals surface area (Å²) < 4.78 is 43.4. The molecule has 0 amide bonds. The van der Waals surface area contributed by atoms with Crippen LogP contribution in [0.5, 0.6) is 0 Å². The second kappa shape index (κ2) is 5.36. The third-order valence-corrected chi connectivity index (χ3v) is 2.32. The first-order valence-electron chi connectivity index (χ1n) is 5.43. The van der Waals surface area contributed by atoms with Gasteiger partial charge in [0, 0.05) is 6.20 Å². The van der Waals surface area contributed by atoms with Crippen molar-refractivity contribution in [2.45, 2.75) is 39.0 Å². The lowest BCUT2D eigenvalue weighted by atomic mass is 10.1. The molecule has 1 heterocycles. The molecule has 0 radical (unpaired) electrons. The lowest BCUT2D eigenvalue weighted by molar-refractivity contribution is -0.154. The predicted octanol–water partition coefficient (Wildman–Crippen LogP) is 3.64. The largest absolute Gasteiger partial charge is 0.460 e. The standard InChI is InChI=1S/C12H13ClF3NO2/c1-11(2,3)19-8(18)6-7-4-5-17-10(13)9(7)12(14,15)16/h4-5H,6H2,1-3H3. The number of esters is 1. The summed E-state index contributed by atoms with van der Waals surface area (Å²) in [6.07, 6.45) is -4.05. The monoisotopic (exact) mass is 295 g/mol. The number of alkyl halides is 3. The number of rotatable bonds is 2. The summed E-state index contributed by atoms with van der Waals surface area (Å²) in [4.78, 5) is 14.9. The zero-order chi connectivity index (χ0) is 14.8. The molecule has 106 valence electrons. The van der Waals surface area contributed by atoms with Crippen LogP contribution >= 0.6 is 11.6 Å². The maximum Gasteiger partial charge on any atom is 0.419 e. The van der Waals surface area contributed by atoms with Crippen molar-refractivity contribution in [2.24, 2.45) is 0 Å². The van der Waals surface area contributed by atoms with Crippen molar-refractivity contribution >= 4 is 17.6 Å². The van der Waals surface area contributed by atoms with Crippen LogP contribution in [0.3, 0.4) is 0 Å². The highest BCUT2D eigenvalue weighted by molar-refractivity contribution is 6.30. The molecule has 19 heavy (non-hydrogen) atoms. The molecule has 0 unspecified atom stereocenters. The second-order valence-electron chi connectivity index (χ2n) is 4.90. The molecular formula is C12H13ClF3NO2. The maximum absolute atomic E-state index is 12.8. The molecule has 0 atom stereocenters. The number of aromatic nitrogens is 1. The Morgan fingerprint density at radius 1 is 1.37 bits per heavy atom. The predicted molar refractivity (Wildman–Crippen MR) is 63.8 cm³/mol. The lowest BCUT2D eigenvalue weighted by Gasteiger charge is -2.20. The molecule has 0 aliphatic carbocycles. The zero-order valence-corrected chi connectivity index (χ0v) is 11.4. The Kier molecular flexibility index (Phi) is 4.45. The normalized spacial score (nSPS) is 12.4. The van der Waals surface area contributed by atoms with Crippen LogP contribution in [0.2, 0.25) is 5.15 Å². The van der Waals surface area contributed by atoms with Gasteiger partial charge in [0.05, 0.1) is 12.0 Å². The molecule has 1 aromatic heterocycles. The Morgan fingerprint density at radius 2 is 1.95 bits per heavy atom. The Balaban J connectivity index is 3.03. The summed E-state index contributed by atoms with van der Waals surface area (Å²) in [5.41, 5.74) is -2.10. The lowest BCUT2D eigenvalue weighted by Crippen LogP contribution is -2.25. The van der Waals surface area contributed by atoms with E-state index in [1.165, 1.54) is 0 Å². The summed E-state index contributed by atoms with van der Waals surface area (Å²) in [6, 6.07) is 1.11. The van der Waals surface area contributed by atoms with Gasteiger partial charge >= 0.3 is 12.1 Å². The molecular weight excluding hydrogens is 283 g/mol. The molecule has 1 aromatic rings. The van der Waals surface area contributed by atoms with Gasteiger partial charge < -0.3 is 4.74 Å². The van der Waals surface area contributed by atoms with Crippen LogP contribution in [0.25, 0.3) is 0 Å². The molecule has 0 spiro atoms. The second-order valence-corrected chi connectivity index (χ2v) is 5.25. The van der Waals surface area contributed by atoms with Crippen molar-refractivity contribution in [3.63, 3.8) is 0 Å². The first kappa shape index (κ1) is 15.8. The minimum atomic E-state index is -4.66. The van der Waals surface area contributed by atoms with Crippen molar-refractivity contribution in [3.05, 3.63) is 28.5 Å². The van der Waals surface area contributed by atoms with Crippen LogP contribution in [0, 0.1) is 0 Å². The molecule has 3 nitrogen and oxygen atoms in total. The number of hydrogen-bond donors (Lipinski definition) is 0. The summed E-state index contributed by atoms with van der Waals surface area (Å²) in [7, 11) is 0. The van der Waals surface area contributed by atoms with E-state index in [1.54, 1.807) is 20.8 Å². The fourth-order valence-electron chi connectivity index (χ4n) is 1.45. The number of pyridine rings is 1. The van der Waals surface area contributed by atoms with E-state index in [9.17, 15) is 18.0 Å². The van der Waals surface area contributed by atoms with Gasteiger partial charge in [-0.3, -0.25) is 4.79 Å². The molecule has 0 saturated heterocycles. The van der Waals surface area contributed by atoms with Crippen LogP contribution in [0.1, 0.15) is 31.9 Å². The molecule has 0 bridgehead atoms. The minimum absolute atomic E-state index is 0.248. The van der Waals surface area contributed by atoms with Gasteiger partial charge in [-0.2, -0.15) is 13.2 Å². The smallest absolute Gasteiger partial charge is 0.419 e. The van der Waals surface area contributed by atoms with E-state index in [-0.39, 0.29) is 5.56 Å². The third-order valence-electron chi connectivity index (χ3n) is 2.03. The number of ether oxygens (including phenoxy) is 1. The van der Waals surface area contributed by atoms with Gasteiger partial charge in [-0.15, -0.1) is 0 Å². The Hall–Kier alpha value is -1.30. The van der Waals surface area contributed by atoms with E-state index in [0.717, 1.165) is 12.3 Å². The number of carbonyl (C=O) groups excluding carboxylic acids is 1. The van der Waals surface area contributed by atoms with Gasteiger partial charge in [0.15, 0.2) is 0 Å². The molecule has 1 rings (SSSR count). The van der Waals surface area contributed by atoms with Gasteiger partial charge in [0.1, 0.15) is 10.8 Å². The molecule has 0 fully saturated rings. The molecule has 7 heteroatoms. The van der Waals surface area contributed by atoms with E-state index in [0.29, 0.717) is 0 Å². The van der Waals surface area contributed by atoms with Crippen LogP contribution in [0.4, 0.5) is 13.2 Å². The van der Waals surface area contributed by atoms with E-state index < -0.39 is 34.9 Å². The van der Waals surface area contributed by atoms with E-state index in [2.05, 4.69) is 4.98 Å². The number of carbonyl (C=O) groups is 1. The highest BCUT2D eigenvalue weighted by Crippen LogP contribution is 2.36. The van der Waals surface area contributed by atoms with E-state index in [1.807, 2.05) is 0 Å². The van der Waals surface area contributed by atoms with Crippen molar-refractivity contribution < 1.29 is 22.7 Å². The quantitative estimate of drug-likeness (QED) is 0.618. The van der Waals surface area contributed by atoms with Gasteiger partial charge in [-0.1, -0.05) is 11.6 Å². The van der Waals surface area contributed by atoms with Crippen molar-refractivity contribution in [2.75, 3.05) is 0 Å². The highest BCUT2D eigenvalue weighted by Gasteiger charge is 2.37. The minimum Gasteiger partial charge on any atom is -0.460 e. The average molecular weight is 296 g/mol. The molecule has 0 aromatic carbocycles. The summed E-state index contributed by atoms with van der Waals surface area (Å²) >= 11 is 5.45. The third kappa shape index (κ3) is 4.70. The Labute approximate surface area is 113 Å². The highest BCUT2D eigenvalue weighted by atomic mass is 35.5. The van der Waals surface area contributed by atoms with Crippen molar-refractivity contribution in [1.29, 1.82) is 0 Å². The number of halogens is 4. The first-order valence-corrected chi connectivity index (χ1v) is 5.81. The van der Waals surface area contributed by atoms with Crippen LogP contribution in [-0.2, 0) is 22.1 Å². The summed E-state index contributed by atoms with van der Waals surface area (Å²) in [6.45, 7) is 4.90. The summed E-state index contributed by atoms with van der Waals surface area (Å²) in [5.74, 6) is -0.750. The average Bonchev–Trinajstić information content (AvgIpc) is 2.11. The fourth-order valence-corrected chi connectivity index (χ4v) is 1.74. The van der Waals surface area contributed by atoms with Crippen LogP contribution in [-0.4, -0.2) is 16.6 Å². The SMILES string of the molecule is CC(C)(C)OC(=O)Cc1ccnc(Cl)c1C(F)(F)F. The van der Waals surface area contributed by atoms with Crippen molar-refractivity contribution in [1.82, 2.24) is 4.98 Å². The first-order chi connectivity index (χ1) is 8.50. The maximum atomic E-state index is 12.8.